The SMILES string of the molecule is O=C(c1ccccc1)N1CC[C@H](NC[C@H]2CC=CCC2)C1. The average Bonchev–Trinajstić information content (AvgIpc) is 3.03. The number of carbonyl (C=O) groups is 1. The van der Waals surface area contributed by atoms with Crippen LogP contribution in [0.15, 0.2) is 42.5 Å². The fourth-order valence-electron chi connectivity index (χ4n) is 3.25. The maximum Gasteiger partial charge on any atom is 0.253 e. The fraction of sp³-hybridized carbons (Fsp3) is 0.500. The lowest BCUT2D eigenvalue weighted by Gasteiger charge is -2.21. The highest BCUT2D eigenvalue weighted by Gasteiger charge is 2.27. The molecule has 1 aliphatic carbocycles. The number of hydrogen-bond donors (Lipinski definition) is 1. The first kappa shape index (κ1) is 14.3. The minimum Gasteiger partial charge on any atom is -0.337 e. The van der Waals surface area contributed by atoms with E-state index in [4.69, 9.17) is 0 Å². The topological polar surface area (TPSA) is 32.3 Å². The zero-order valence-electron chi connectivity index (χ0n) is 12.5. The van der Waals surface area contributed by atoms with Gasteiger partial charge in [-0.3, -0.25) is 4.79 Å². The first-order valence-corrected chi connectivity index (χ1v) is 8.05. The van der Waals surface area contributed by atoms with Crippen molar-refractivity contribution in [2.75, 3.05) is 19.6 Å². The Morgan fingerprint density at radius 3 is 2.81 bits per heavy atom. The smallest absolute Gasteiger partial charge is 0.253 e. The van der Waals surface area contributed by atoms with Crippen LogP contribution >= 0.6 is 0 Å². The van der Waals surface area contributed by atoms with Gasteiger partial charge in [-0.1, -0.05) is 30.4 Å². The van der Waals surface area contributed by atoms with E-state index in [2.05, 4.69) is 17.5 Å². The Morgan fingerprint density at radius 1 is 1.19 bits per heavy atom. The summed E-state index contributed by atoms with van der Waals surface area (Å²) in [7, 11) is 0. The highest BCUT2D eigenvalue weighted by Crippen LogP contribution is 2.19. The monoisotopic (exact) mass is 284 g/mol. The number of likely N-dealkylation sites (tertiary alicyclic amines) is 1. The molecule has 1 aliphatic heterocycles. The predicted octanol–water partition coefficient (Wildman–Crippen LogP) is 2.85. The lowest BCUT2D eigenvalue weighted by Crippen LogP contribution is -2.37. The van der Waals surface area contributed by atoms with Crippen molar-refractivity contribution in [1.82, 2.24) is 10.2 Å². The van der Waals surface area contributed by atoms with Gasteiger partial charge in [-0.05, 0) is 50.3 Å². The number of amides is 1. The first-order chi connectivity index (χ1) is 10.3. The van der Waals surface area contributed by atoms with Crippen molar-refractivity contribution in [3.63, 3.8) is 0 Å². The number of allylic oxidation sites excluding steroid dienone is 2. The molecule has 0 spiro atoms. The van der Waals surface area contributed by atoms with E-state index in [-0.39, 0.29) is 5.91 Å². The number of nitrogens with one attached hydrogen (secondary N) is 1. The second kappa shape index (κ2) is 6.90. The van der Waals surface area contributed by atoms with Crippen LogP contribution in [0.2, 0.25) is 0 Å². The molecule has 3 nitrogen and oxygen atoms in total. The van der Waals surface area contributed by atoms with Gasteiger partial charge in [-0.2, -0.15) is 0 Å². The van der Waals surface area contributed by atoms with E-state index in [0.717, 1.165) is 37.5 Å². The molecule has 112 valence electrons. The molecular formula is C18H24N2O. The molecule has 3 heteroatoms. The summed E-state index contributed by atoms with van der Waals surface area (Å²) in [5.74, 6) is 0.939. The Bertz CT molecular complexity index is 497. The highest BCUT2D eigenvalue weighted by molar-refractivity contribution is 5.94. The van der Waals surface area contributed by atoms with Crippen LogP contribution < -0.4 is 5.32 Å². The molecule has 2 aliphatic rings. The van der Waals surface area contributed by atoms with E-state index >= 15 is 0 Å². The standard InChI is InChI=1S/C18H24N2O/c21-18(16-9-5-2-6-10-16)20-12-11-17(14-20)19-13-15-7-3-1-4-8-15/h1-3,5-6,9-10,15,17,19H,4,7-8,11-14H2/t15-,17-/m0/s1. The van der Waals surface area contributed by atoms with Gasteiger partial charge in [0.1, 0.15) is 0 Å². The quantitative estimate of drug-likeness (QED) is 0.862. The maximum atomic E-state index is 12.4. The van der Waals surface area contributed by atoms with Crippen molar-refractivity contribution >= 4 is 5.91 Å². The Kier molecular flexibility index (Phi) is 4.71. The molecule has 1 fully saturated rings. The fourth-order valence-corrected chi connectivity index (χ4v) is 3.25. The summed E-state index contributed by atoms with van der Waals surface area (Å²) in [6.45, 7) is 2.80. The second-order valence-corrected chi connectivity index (χ2v) is 6.16. The normalized spacial score (nSPS) is 25.2. The molecule has 1 saturated heterocycles. The third-order valence-electron chi connectivity index (χ3n) is 4.57. The third kappa shape index (κ3) is 3.73. The molecule has 0 unspecified atom stereocenters. The molecule has 2 atom stereocenters. The number of benzene rings is 1. The number of hydrogen-bond acceptors (Lipinski definition) is 2. The lowest BCUT2D eigenvalue weighted by molar-refractivity contribution is 0.0789. The molecule has 21 heavy (non-hydrogen) atoms. The van der Waals surface area contributed by atoms with Crippen molar-refractivity contribution < 1.29 is 4.79 Å². The second-order valence-electron chi connectivity index (χ2n) is 6.16. The van der Waals surface area contributed by atoms with Crippen molar-refractivity contribution in [2.24, 2.45) is 5.92 Å². The van der Waals surface area contributed by atoms with Crippen LogP contribution in [0.3, 0.4) is 0 Å². The van der Waals surface area contributed by atoms with Gasteiger partial charge in [0.05, 0.1) is 0 Å². The van der Waals surface area contributed by atoms with E-state index < -0.39 is 0 Å². The van der Waals surface area contributed by atoms with Crippen LogP contribution in [0.1, 0.15) is 36.0 Å². The highest BCUT2D eigenvalue weighted by atomic mass is 16.2. The van der Waals surface area contributed by atoms with Gasteiger partial charge in [0, 0.05) is 24.7 Å². The van der Waals surface area contributed by atoms with Crippen molar-refractivity contribution in [3.05, 3.63) is 48.0 Å². The van der Waals surface area contributed by atoms with E-state index in [0.29, 0.717) is 6.04 Å². The van der Waals surface area contributed by atoms with Crippen LogP contribution in [0.25, 0.3) is 0 Å². The molecule has 0 bridgehead atoms. The maximum absolute atomic E-state index is 12.4. The Balaban J connectivity index is 1.47. The first-order valence-electron chi connectivity index (χ1n) is 8.05. The van der Waals surface area contributed by atoms with Gasteiger partial charge in [-0.15, -0.1) is 0 Å². The number of rotatable bonds is 4. The molecule has 1 aromatic carbocycles. The molecule has 0 radical (unpaired) electrons. The minimum atomic E-state index is 0.167. The zero-order chi connectivity index (χ0) is 14.5. The van der Waals surface area contributed by atoms with Crippen LogP contribution in [0.5, 0.6) is 0 Å². The number of nitrogens with zero attached hydrogens (tertiary/aromatic N) is 1. The van der Waals surface area contributed by atoms with Crippen LogP contribution in [0.4, 0.5) is 0 Å². The molecule has 0 saturated carbocycles. The van der Waals surface area contributed by atoms with Crippen LogP contribution in [-0.4, -0.2) is 36.5 Å². The van der Waals surface area contributed by atoms with Crippen molar-refractivity contribution in [3.8, 4) is 0 Å². The van der Waals surface area contributed by atoms with Gasteiger partial charge >= 0.3 is 0 Å². The summed E-state index contributed by atoms with van der Waals surface area (Å²) < 4.78 is 0. The summed E-state index contributed by atoms with van der Waals surface area (Å²) in [6, 6.07) is 10.1. The Labute approximate surface area is 127 Å². The molecule has 1 N–H and O–H groups in total. The molecule has 1 heterocycles. The van der Waals surface area contributed by atoms with E-state index in [1.807, 2.05) is 35.2 Å². The molecule has 1 amide bonds. The van der Waals surface area contributed by atoms with Gasteiger partial charge in [-0.25, -0.2) is 0 Å². The van der Waals surface area contributed by atoms with Gasteiger partial charge in [0.15, 0.2) is 0 Å². The van der Waals surface area contributed by atoms with Crippen molar-refractivity contribution in [2.45, 2.75) is 31.7 Å². The Hall–Kier alpha value is -1.61. The zero-order valence-corrected chi connectivity index (χ0v) is 12.5. The summed E-state index contributed by atoms with van der Waals surface area (Å²) in [5.41, 5.74) is 0.801. The number of carbonyl (C=O) groups excluding carboxylic acids is 1. The summed E-state index contributed by atoms with van der Waals surface area (Å²) in [5, 5.41) is 3.66. The summed E-state index contributed by atoms with van der Waals surface area (Å²) >= 11 is 0. The minimum absolute atomic E-state index is 0.167. The van der Waals surface area contributed by atoms with Crippen LogP contribution in [0, 0.1) is 5.92 Å². The van der Waals surface area contributed by atoms with Gasteiger partial charge in [0.2, 0.25) is 0 Å². The molecule has 1 aromatic rings. The largest absolute Gasteiger partial charge is 0.337 e. The van der Waals surface area contributed by atoms with E-state index in [9.17, 15) is 4.79 Å². The van der Waals surface area contributed by atoms with Crippen LogP contribution in [-0.2, 0) is 0 Å². The molecular weight excluding hydrogens is 260 g/mol. The molecule has 3 rings (SSSR count). The van der Waals surface area contributed by atoms with Crippen molar-refractivity contribution in [1.29, 1.82) is 0 Å². The lowest BCUT2D eigenvalue weighted by atomic mass is 9.94. The average molecular weight is 284 g/mol. The van der Waals surface area contributed by atoms with E-state index in [1.54, 1.807) is 0 Å². The predicted molar refractivity (Wildman–Crippen MR) is 85.2 cm³/mol. The molecule has 0 aromatic heterocycles. The van der Waals surface area contributed by atoms with Gasteiger partial charge in [0.25, 0.3) is 5.91 Å². The Morgan fingerprint density at radius 2 is 2.05 bits per heavy atom. The summed E-state index contributed by atoms with van der Waals surface area (Å²) in [6.07, 6.45) is 9.37. The summed E-state index contributed by atoms with van der Waals surface area (Å²) in [4.78, 5) is 14.4. The van der Waals surface area contributed by atoms with Gasteiger partial charge < -0.3 is 10.2 Å². The van der Waals surface area contributed by atoms with E-state index in [1.165, 1.54) is 19.3 Å². The third-order valence-corrected chi connectivity index (χ3v) is 4.57.